The molecule has 1 aliphatic rings. The van der Waals surface area contributed by atoms with E-state index in [9.17, 15) is 13.2 Å². The lowest BCUT2D eigenvalue weighted by atomic mass is 9.68. The van der Waals surface area contributed by atoms with E-state index in [0.717, 1.165) is 6.07 Å². The summed E-state index contributed by atoms with van der Waals surface area (Å²) >= 11 is 0. The maximum atomic E-state index is 12.8. The van der Waals surface area contributed by atoms with Crippen molar-refractivity contribution < 1.29 is 13.2 Å². The van der Waals surface area contributed by atoms with E-state index in [-0.39, 0.29) is 12.3 Å². The number of nitrogens with zero attached hydrogens (tertiary/aromatic N) is 1. The molecular weight excluding hydrogens is 263 g/mol. The largest absolute Gasteiger partial charge is 0.416 e. The van der Waals surface area contributed by atoms with Crippen LogP contribution in [-0.4, -0.2) is 0 Å². The van der Waals surface area contributed by atoms with Crippen molar-refractivity contribution in [1.82, 2.24) is 0 Å². The van der Waals surface area contributed by atoms with Gasteiger partial charge < -0.3 is 0 Å². The van der Waals surface area contributed by atoms with Crippen LogP contribution in [0.4, 0.5) is 13.2 Å². The Kier molecular flexibility index (Phi) is 3.71. The van der Waals surface area contributed by atoms with Crippen LogP contribution in [0, 0.1) is 17.2 Å². The number of hydrogen-bond donors (Lipinski definition) is 0. The summed E-state index contributed by atoms with van der Waals surface area (Å²) in [4.78, 5) is 0. The van der Waals surface area contributed by atoms with Crippen molar-refractivity contribution in [3.8, 4) is 6.07 Å². The van der Waals surface area contributed by atoms with Crippen LogP contribution in [0.15, 0.2) is 48.6 Å². The molecule has 0 N–H and O–H groups in total. The average Bonchev–Trinajstić information content (AvgIpc) is 2.41. The van der Waals surface area contributed by atoms with Crippen molar-refractivity contribution in [1.29, 1.82) is 5.26 Å². The Labute approximate surface area is 116 Å². The van der Waals surface area contributed by atoms with Crippen molar-refractivity contribution in [3.05, 3.63) is 59.7 Å². The van der Waals surface area contributed by atoms with Gasteiger partial charge in [-0.05, 0) is 11.6 Å². The molecule has 0 heterocycles. The molecule has 2 unspecified atom stereocenters. The van der Waals surface area contributed by atoms with Gasteiger partial charge in [-0.2, -0.15) is 18.4 Å². The summed E-state index contributed by atoms with van der Waals surface area (Å²) in [5, 5.41) is 8.89. The van der Waals surface area contributed by atoms with Gasteiger partial charge in [0.05, 0.1) is 11.6 Å². The molecule has 1 aromatic carbocycles. The van der Waals surface area contributed by atoms with Crippen LogP contribution < -0.4 is 0 Å². The summed E-state index contributed by atoms with van der Waals surface area (Å²) in [5.74, 6) is -0.124. The van der Waals surface area contributed by atoms with E-state index >= 15 is 0 Å². The molecule has 4 heteroatoms. The highest BCUT2D eigenvalue weighted by Gasteiger charge is 2.36. The zero-order valence-corrected chi connectivity index (χ0v) is 11.0. The van der Waals surface area contributed by atoms with Gasteiger partial charge in [-0.1, -0.05) is 49.4 Å². The first-order valence-electron chi connectivity index (χ1n) is 6.28. The number of nitriles is 1. The predicted octanol–water partition coefficient (Wildman–Crippen LogP) is 4.62. The van der Waals surface area contributed by atoms with Gasteiger partial charge >= 0.3 is 6.18 Å². The molecule has 2 atom stereocenters. The number of halogens is 3. The maximum Gasteiger partial charge on any atom is 0.416 e. The summed E-state index contributed by atoms with van der Waals surface area (Å²) in [5.41, 5.74) is -0.672. The molecular formula is C16H14F3N. The predicted molar refractivity (Wildman–Crippen MR) is 70.8 cm³/mol. The third kappa shape index (κ3) is 2.62. The van der Waals surface area contributed by atoms with Crippen LogP contribution >= 0.6 is 0 Å². The fourth-order valence-corrected chi connectivity index (χ4v) is 2.50. The van der Waals surface area contributed by atoms with Crippen molar-refractivity contribution in [2.75, 3.05) is 0 Å². The maximum absolute atomic E-state index is 12.8. The Morgan fingerprint density at radius 1 is 1.30 bits per heavy atom. The molecule has 104 valence electrons. The van der Waals surface area contributed by atoms with E-state index in [1.165, 1.54) is 12.1 Å². The summed E-state index contributed by atoms with van der Waals surface area (Å²) in [7, 11) is 0. The lowest BCUT2D eigenvalue weighted by Crippen LogP contribution is -2.30. The van der Waals surface area contributed by atoms with Crippen LogP contribution in [0.25, 0.3) is 0 Å². The highest BCUT2D eigenvalue weighted by atomic mass is 19.4. The highest BCUT2D eigenvalue weighted by molar-refractivity contribution is 5.39. The van der Waals surface area contributed by atoms with Crippen molar-refractivity contribution in [2.24, 2.45) is 5.92 Å². The molecule has 0 saturated carbocycles. The Bertz CT molecular complexity index is 592. The first-order chi connectivity index (χ1) is 9.38. The number of rotatable bonds is 2. The lowest BCUT2D eigenvalue weighted by molar-refractivity contribution is -0.137. The van der Waals surface area contributed by atoms with Crippen LogP contribution in [0.2, 0.25) is 0 Å². The molecule has 0 aliphatic heterocycles. The Hall–Kier alpha value is -2.02. The minimum Gasteiger partial charge on any atom is -0.198 e. The van der Waals surface area contributed by atoms with E-state index in [4.69, 9.17) is 5.26 Å². The highest BCUT2D eigenvalue weighted by Crippen LogP contribution is 2.40. The van der Waals surface area contributed by atoms with Gasteiger partial charge in [0.2, 0.25) is 0 Å². The first kappa shape index (κ1) is 14.4. The molecule has 0 saturated heterocycles. The summed E-state index contributed by atoms with van der Waals surface area (Å²) in [6.07, 6.45) is 3.30. The van der Waals surface area contributed by atoms with Crippen LogP contribution in [0.3, 0.4) is 0 Å². The van der Waals surface area contributed by atoms with E-state index in [1.807, 2.05) is 31.2 Å². The van der Waals surface area contributed by atoms with Crippen molar-refractivity contribution >= 4 is 0 Å². The first-order valence-corrected chi connectivity index (χ1v) is 6.28. The number of alkyl halides is 3. The molecule has 0 spiro atoms. The molecule has 0 bridgehead atoms. The standard InChI is InChI=1S/C16H14F3N/c1-15(9-3-2-5-12(15)8-10-20)13-6-4-7-14(11-13)16(17,18)19/h2-7,9,11-12H,8H2,1H3. The molecule has 1 nitrogen and oxygen atoms in total. The minimum absolute atomic E-state index is 0.124. The zero-order chi connectivity index (χ0) is 14.8. The summed E-state index contributed by atoms with van der Waals surface area (Å²) < 4.78 is 38.5. The van der Waals surface area contributed by atoms with Gasteiger partial charge in [0.1, 0.15) is 0 Å². The van der Waals surface area contributed by atoms with E-state index in [1.54, 1.807) is 6.07 Å². The smallest absolute Gasteiger partial charge is 0.198 e. The minimum atomic E-state index is -4.36. The molecule has 1 aliphatic carbocycles. The molecule has 1 aromatic rings. The second kappa shape index (κ2) is 5.16. The van der Waals surface area contributed by atoms with E-state index in [2.05, 4.69) is 6.07 Å². The second-order valence-electron chi connectivity index (χ2n) is 5.07. The van der Waals surface area contributed by atoms with Crippen LogP contribution in [-0.2, 0) is 11.6 Å². The Morgan fingerprint density at radius 3 is 2.70 bits per heavy atom. The van der Waals surface area contributed by atoms with E-state index in [0.29, 0.717) is 5.56 Å². The SMILES string of the molecule is CC1(c2cccc(C(F)(F)F)c2)C=CC=CC1CC#N. The van der Waals surface area contributed by atoms with Gasteiger partial charge in [-0.25, -0.2) is 0 Å². The summed E-state index contributed by atoms with van der Waals surface area (Å²) in [6.45, 7) is 1.87. The Balaban J connectivity index is 2.46. The van der Waals surface area contributed by atoms with Gasteiger partial charge in [-0.3, -0.25) is 0 Å². The van der Waals surface area contributed by atoms with E-state index < -0.39 is 17.2 Å². The van der Waals surface area contributed by atoms with Gasteiger partial charge in [0.15, 0.2) is 0 Å². The fraction of sp³-hybridized carbons (Fsp3) is 0.312. The topological polar surface area (TPSA) is 23.8 Å². The summed E-state index contributed by atoms with van der Waals surface area (Å²) in [6, 6.07) is 7.44. The van der Waals surface area contributed by atoms with Gasteiger partial charge in [-0.15, -0.1) is 0 Å². The molecule has 0 amide bonds. The fourth-order valence-electron chi connectivity index (χ4n) is 2.50. The lowest BCUT2D eigenvalue weighted by Gasteiger charge is -2.35. The molecule has 0 aromatic heterocycles. The van der Waals surface area contributed by atoms with Crippen LogP contribution in [0.1, 0.15) is 24.5 Å². The monoisotopic (exact) mass is 277 g/mol. The molecule has 20 heavy (non-hydrogen) atoms. The van der Waals surface area contributed by atoms with Crippen LogP contribution in [0.5, 0.6) is 0 Å². The molecule has 2 rings (SSSR count). The van der Waals surface area contributed by atoms with Crippen molar-refractivity contribution in [3.63, 3.8) is 0 Å². The van der Waals surface area contributed by atoms with Gasteiger partial charge in [0, 0.05) is 17.8 Å². The third-order valence-corrected chi connectivity index (χ3v) is 3.79. The number of hydrogen-bond acceptors (Lipinski definition) is 1. The molecule has 0 fully saturated rings. The Morgan fingerprint density at radius 2 is 2.05 bits per heavy atom. The average molecular weight is 277 g/mol. The van der Waals surface area contributed by atoms with Crippen molar-refractivity contribution in [2.45, 2.75) is 24.9 Å². The van der Waals surface area contributed by atoms with Gasteiger partial charge in [0.25, 0.3) is 0 Å². The number of benzene rings is 1. The quantitative estimate of drug-likeness (QED) is 0.773. The second-order valence-corrected chi connectivity index (χ2v) is 5.07. The third-order valence-electron chi connectivity index (χ3n) is 3.79. The normalized spacial score (nSPS) is 25.4. The molecule has 0 radical (unpaired) electrons. The zero-order valence-electron chi connectivity index (χ0n) is 11.0. The number of allylic oxidation sites excluding steroid dienone is 4.